The fraction of sp³-hybridized carbons (Fsp3) is 0.412. The second kappa shape index (κ2) is 8.13. The molecule has 1 amide bonds. The van der Waals surface area contributed by atoms with Crippen LogP contribution >= 0.6 is 0 Å². The third-order valence-corrected chi connectivity index (χ3v) is 4.16. The van der Waals surface area contributed by atoms with Gasteiger partial charge >= 0.3 is 6.61 Å². The number of carbonyl (C=O) groups excluding carboxylic acids is 1. The van der Waals surface area contributed by atoms with E-state index in [-0.39, 0.29) is 17.4 Å². The first kappa shape index (κ1) is 18.1. The monoisotopic (exact) mass is 366 g/mol. The lowest BCUT2D eigenvalue weighted by Gasteiger charge is -2.13. The summed E-state index contributed by atoms with van der Waals surface area (Å²) in [5.41, 5.74) is 3.01. The highest BCUT2D eigenvalue weighted by Gasteiger charge is 2.21. The Kier molecular flexibility index (Phi) is 5.67. The Hall–Kier alpha value is -2.68. The molecule has 140 valence electrons. The van der Waals surface area contributed by atoms with Gasteiger partial charge in [-0.3, -0.25) is 9.89 Å². The molecule has 1 aromatic carbocycles. The Labute approximate surface area is 149 Å². The molecule has 1 aliphatic rings. The van der Waals surface area contributed by atoms with Crippen molar-refractivity contribution >= 4 is 5.91 Å². The van der Waals surface area contributed by atoms with Gasteiger partial charge in [-0.15, -0.1) is 0 Å². The number of nitrogens with one attached hydrogen (secondary N) is 3. The fourth-order valence-corrected chi connectivity index (χ4v) is 2.88. The third-order valence-electron chi connectivity index (χ3n) is 4.16. The molecule has 0 fully saturated rings. The minimum atomic E-state index is -2.93. The molecule has 0 radical (unpaired) electrons. The number of benzene rings is 1. The summed E-state index contributed by atoms with van der Waals surface area (Å²) in [6, 6.07) is 4.78. The van der Waals surface area contributed by atoms with E-state index >= 15 is 0 Å². The van der Waals surface area contributed by atoms with E-state index in [0.717, 1.165) is 29.8 Å². The van der Waals surface area contributed by atoms with Crippen LogP contribution in [0, 0.1) is 0 Å². The molecule has 3 N–H and O–H groups in total. The summed E-state index contributed by atoms with van der Waals surface area (Å²) in [6.45, 7) is -1.12. The zero-order valence-electron chi connectivity index (χ0n) is 14.3. The molecule has 0 atom stereocenters. The van der Waals surface area contributed by atoms with Gasteiger partial charge in [-0.25, -0.2) is 0 Å². The van der Waals surface area contributed by atoms with Gasteiger partial charge in [0.2, 0.25) is 0 Å². The molecule has 1 aliphatic heterocycles. The highest BCUT2D eigenvalue weighted by atomic mass is 19.3. The first-order chi connectivity index (χ1) is 12.6. The van der Waals surface area contributed by atoms with Gasteiger partial charge in [0, 0.05) is 37.3 Å². The van der Waals surface area contributed by atoms with E-state index in [2.05, 4.69) is 25.6 Å². The summed E-state index contributed by atoms with van der Waals surface area (Å²) in [5, 5.41) is 13.0. The Morgan fingerprint density at radius 1 is 1.38 bits per heavy atom. The maximum absolute atomic E-state index is 12.5. The molecular weight excluding hydrogens is 346 g/mol. The van der Waals surface area contributed by atoms with Gasteiger partial charge in [-0.05, 0) is 24.1 Å². The zero-order valence-corrected chi connectivity index (χ0v) is 14.3. The average molecular weight is 366 g/mol. The molecule has 0 saturated heterocycles. The van der Waals surface area contributed by atoms with Crippen molar-refractivity contribution in [1.82, 2.24) is 20.8 Å². The standard InChI is InChI=1S/C17H20F2N4O3/c1-25-13-3-2-10(8-14(13)26-17(18)19)4-7-21-16(24)15-11-9-20-6-5-12(11)22-23-15/h2-3,8,17,20H,4-7,9H2,1H3,(H,21,24)(H,22,23). The number of methoxy groups -OCH3 is 1. The summed E-state index contributed by atoms with van der Waals surface area (Å²) in [4.78, 5) is 12.3. The third kappa shape index (κ3) is 4.10. The largest absolute Gasteiger partial charge is 0.493 e. The number of rotatable bonds is 7. The number of aromatic amines is 1. The van der Waals surface area contributed by atoms with Crippen LogP contribution < -0.4 is 20.1 Å². The predicted octanol–water partition coefficient (Wildman–Crippen LogP) is 1.64. The number of fused-ring (bicyclic) bond motifs is 1. The van der Waals surface area contributed by atoms with Gasteiger partial charge in [-0.2, -0.15) is 13.9 Å². The van der Waals surface area contributed by atoms with Crippen molar-refractivity contribution < 1.29 is 23.0 Å². The van der Waals surface area contributed by atoms with E-state index in [4.69, 9.17) is 4.74 Å². The number of hydrogen-bond acceptors (Lipinski definition) is 5. The van der Waals surface area contributed by atoms with Crippen LogP contribution in [0.2, 0.25) is 0 Å². The molecule has 0 aliphatic carbocycles. The fourth-order valence-electron chi connectivity index (χ4n) is 2.88. The molecule has 0 unspecified atom stereocenters. The SMILES string of the molecule is COc1ccc(CCNC(=O)c2n[nH]c3c2CNCC3)cc1OC(F)F. The summed E-state index contributed by atoms with van der Waals surface area (Å²) in [7, 11) is 1.38. The normalized spacial score (nSPS) is 13.4. The van der Waals surface area contributed by atoms with Gasteiger partial charge in [0.15, 0.2) is 17.2 Å². The predicted molar refractivity (Wildman–Crippen MR) is 89.7 cm³/mol. The van der Waals surface area contributed by atoms with Crippen molar-refractivity contribution in [3.8, 4) is 11.5 Å². The molecule has 0 bridgehead atoms. The molecule has 0 spiro atoms. The van der Waals surface area contributed by atoms with Crippen LogP contribution in [0.25, 0.3) is 0 Å². The van der Waals surface area contributed by atoms with Gasteiger partial charge in [0.05, 0.1) is 7.11 Å². The molecule has 2 aromatic rings. The van der Waals surface area contributed by atoms with Crippen molar-refractivity contribution in [2.45, 2.75) is 26.0 Å². The molecular formula is C17H20F2N4O3. The topological polar surface area (TPSA) is 88.3 Å². The first-order valence-electron chi connectivity index (χ1n) is 8.25. The molecule has 2 heterocycles. The van der Waals surface area contributed by atoms with Crippen molar-refractivity contribution in [3.63, 3.8) is 0 Å². The lowest BCUT2D eigenvalue weighted by Crippen LogP contribution is -2.29. The van der Waals surface area contributed by atoms with Crippen LogP contribution in [0.4, 0.5) is 8.78 Å². The highest BCUT2D eigenvalue weighted by molar-refractivity contribution is 5.94. The summed E-state index contributed by atoms with van der Waals surface area (Å²) < 4.78 is 34.4. The van der Waals surface area contributed by atoms with E-state index in [9.17, 15) is 13.6 Å². The van der Waals surface area contributed by atoms with Gasteiger partial charge in [0.1, 0.15) is 0 Å². The Morgan fingerprint density at radius 3 is 3.00 bits per heavy atom. The van der Waals surface area contributed by atoms with Crippen molar-refractivity contribution in [2.24, 2.45) is 0 Å². The van der Waals surface area contributed by atoms with E-state index in [0.29, 0.717) is 25.2 Å². The van der Waals surface area contributed by atoms with E-state index in [1.807, 2.05) is 0 Å². The summed E-state index contributed by atoms with van der Waals surface area (Å²) in [5.74, 6) is -0.0590. The number of aromatic nitrogens is 2. The Bertz CT molecular complexity index is 779. The van der Waals surface area contributed by atoms with E-state index in [1.54, 1.807) is 12.1 Å². The molecule has 7 nitrogen and oxygen atoms in total. The highest BCUT2D eigenvalue weighted by Crippen LogP contribution is 2.29. The maximum Gasteiger partial charge on any atom is 0.387 e. The Morgan fingerprint density at radius 2 is 2.23 bits per heavy atom. The Balaban J connectivity index is 1.59. The van der Waals surface area contributed by atoms with Crippen LogP contribution in [0.15, 0.2) is 18.2 Å². The van der Waals surface area contributed by atoms with Gasteiger partial charge in [0.25, 0.3) is 5.91 Å². The first-order valence-corrected chi connectivity index (χ1v) is 8.25. The smallest absolute Gasteiger partial charge is 0.387 e. The van der Waals surface area contributed by atoms with E-state index in [1.165, 1.54) is 13.2 Å². The number of alkyl halides is 2. The molecule has 26 heavy (non-hydrogen) atoms. The second-order valence-electron chi connectivity index (χ2n) is 5.83. The van der Waals surface area contributed by atoms with Gasteiger partial charge in [-0.1, -0.05) is 6.07 Å². The number of nitrogens with zero attached hydrogens (tertiary/aromatic N) is 1. The maximum atomic E-state index is 12.5. The number of halogens is 2. The summed E-state index contributed by atoms with van der Waals surface area (Å²) >= 11 is 0. The lowest BCUT2D eigenvalue weighted by atomic mass is 10.1. The average Bonchev–Trinajstić information content (AvgIpc) is 3.05. The minimum absolute atomic E-state index is 0.0289. The number of carbonyl (C=O) groups is 1. The quantitative estimate of drug-likeness (QED) is 0.693. The molecule has 9 heteroatoms. The molecule has 3 rings (SSSR count). The van der Waals surface area contributed by atoms with Crippen LogP contribution in [0.5, 0.6) is 11.5 Å². The minimum Gasteiger partial charge on any atom is -0.493 e. The summed E-state index contributed by atoms with van der Waals surface area (Å²) in [6.07, 6.45) is 1.27. The number of H-pyrrole nitrogens is 1. The van der Waals surface area contributed by atoms with Crippen molar-refractivity contribution in [1.29, 1.82) is 0 Å². The van der Waals surface area contributed by atoms with Crippen LogP contribution in [0.3, 0.4) is 0 Å². The lowest BCUT2D eigenvalue weighted by molar-refractivity contribution is -0.0512. The van der Waals surface area contributed by atoms with Crippen LogP contribution in [-0.2, 0) is 19.4 Å². The molecule has 1 aromatic heterocycles. The second-order valence-corrected chi connectivity index (χ2v) is 5.83. The molecule has 0 saturated carbocycles. The van der Waals surface area contributed by atoms with Crippen LogP contribution in [-0.4, -0.2) is 42.9 Å². The van der Waals surface area contributed by atoms with Crippen molar-refractivity contribution in [3.05, 3.63) is 40.7 Å². The number of hydrogen-bond donors (Lipinski definition) is 3. The van der Waals surface area contributed by atoms with Crippen molar-refractivity contribution in [2.75, 3.05) is 20.2 Å². The van der Waals surface area contributed by atoms with Crippen LogP contribution in [0.1, 0.15) is 27.3 Å². The number of amides is 1. The number of ether oxygens (including phenoxy) is 2. The van der Waals surface area contributed by atoms with E-state index < -0.39 is 6.61 Å². The van der Waals surface area contributed by atoms with Gasteiger partial charge < -0.3 is 20.1 Å². The zero-order chi connectivity index (χ0) is 18.5.